The second-order valence-corrected chi connectivity index (χ2v) is 5.79. The zero-order chi connectivity index (χ0) is 19.2. The van der Waals surface area contributed by atoms with Crippen molar-refractivity contribution < 1.29 is 31.1 Å². The maximum Gasteiger partial charge on any atom is 0.433 e. The number of benzene rings is 1. The molecular weight excluding hydrogens is 362 g/mol. The van der Waals surface area contributed by atoms with Gasteiger partial charge in [0.15, 0.2) is 17.6 Å². The normalized spacial score (nSPS) is 22.0. The van der Waals surface area contributed by atoms with Gasteiger partial charge in [-0.25, -0.2) is 23.0 Å². The number of pyridine rings is 1. The minimum Gasteiger partial charge on any atom is -0.457 e. The number of aromatic nitrogens is 1. The summed E-state index contributed by atoms with van der Waals surface area (Å²) in [7, 11) is 0. The number of hydrogen-bond acceptors (Lipinski definition) is 2. The first-order valence-electron chi connectivity index (χ1n) is 7.37. The Morgan fingerprint density at radius 1 is 1.15 bits per heavy atom. The van der Waals surface area contributed by atoms with Crippen molar-refractivity contribution in [1.82, 2.24) is 4.98 Å². The van der Waals surface area contributed by atoms with Crippen molar-refractivity contribution in [3.05, 3.63) is 58.5 Å². The van der Waals surface area contributed by atoms with Crippen LogP contribution in [0, 0.1) is 12.4 Å². The van der Waals surface area contributed by atoms with E-state index < -0.39 is 52.8 Å². The predicted octanol–water partition coefficient (Wildman–Crippen LogP) is 6.05. The van der Waals surface area contributed by atoms with Crippen LogP contribution >= 0.6 is 0 Å². The molecule has 0 spiro atoms. The van der Waals surface area contributed by atoms with Gasteiger partial charge in [-0.15, -0.1) is 0 Å². The van der Waals surface area contributed by atoms with Crippen LogP contribution in [-0.4, -0.2) is 11.2 Å². The molecule has 0 saturated carbocycles. The molecule has 1 aliphatic rings. The Bertz CT molecular complexity index is 905. The van der Waals surface area contributed by atoms with E-state index in [0.717, 1.165) is 25.1 Å². The van der Waals surface area contributed by atoms with E-state index in [0.29, 0.717) is 6.20 Å². The van der Waals surface area contributed by atoms with Crippen LogP contribution in [0.3, 0.4) is 0 Å². The smallest absolute Gasteiger partial charge is 0.433 e. The molecule has 1 aromatic carbocycles. The molecule has 1 aromatic heterocycles. The van der Waals surface area contributed by atoms with Crippen molar-refractivity contribution >= 4 is 5.69 Å². The molecule has 0 saturated heterocycles. The first-order valence-corrected chi connectivity index (χ1v) is 7.37. The summed E-state index contributed by atoms with van der Waals surface area (Å²) in [5.74, 6) is -2.88. The fraction of sp³-hybridized carbons (Fsp3) is 0.294. The van der Waals surface area contributed by atoms with Gasteiger partial charge < -0.3 is 4.74 Å². The van der Waals surface area contributed by atoms with Gasteiger partial charge in [0.05, 0.1) is 12.8 Å². The van der Waals surface area contributed by atoms with Gasteiger partial charge in [-0.2, -0.15) is 13.2 Å². The maximum absolute atomic E-state index is 14.3. The highest BCUT2D eigenvalue weighted by Gasteiger charge is 2.48. The van der Waals surface area contributed by atoms with Crippen molar-refractivity contribution in [3.63, 3.8) is 0 Å². The van der Waals surface area contributed by atoms with E-state index in [9.17, 15) is 26.3 Å². The van der Waals surface area contributed by atoms with E-state index in [1.165, 1.54) is 0 Å². The number of ether oxygens (including phenoxy) is 1. The number of rotatable bonds is 2. The van der Waals surface area contributed by atoms with Crippen LogP contribution in [0.4, 0.5) is 32.0 Å². The molecule has 0 N–H and O–H groups in total. The summed E-state index contributed by atoms with van der Waals surface area (Å²) in [5.41, 5.74) is -2.71. The predicted molar refractivity (Wildman–Crippen MR) is 79.1 cm³/mol. The third kappa shape index (κ3) is 2.96. The van der Waals surface area contributed by atoms with Crippen LogP contribution in [0.2, 0.25) is 0 Å². The highest BCUT2D eigenvalue weighted by molar-refractivity contribution is 5.54. The highest BCUT2D eigenvalue weighted by Crippen LogP contribution is 2.52. The van der Waals surface area contributed by atoms with E-state index in [1.807, 2.05) is 0 Å². The molecule has 0 amide bonds. The Morgan fingerprint density at radius 3 is 2.46 bits per heavy atom. The zero-order valence-electron chi connectivity index (χ0n) is 13.1. The molecule has 3 rings (SSSR count). The Labute approximate surface area is 144 Å². The molecule has 0 bridgehead atoms. The van der Waals surface area contributed by atoms with Crippen LogP contribution in [0.5, 0.6) is 11.5 Å². The van der Waals surface area contributed by atoms with Gasteiger partial charge in [0.2, 0.25) is 0 Å². The maximum atomic E-state index is 14.3. The number of hydrogen-bond donors (Lipinski definition) is 0. The van der Waals surface area contributed by atoms with Crippen LogP contribution in [0.25, 0.3) is 4.85 Å². The largest absolute Gasteiger partial charge is 0.457 e. The summed E-state index contributed by atoms with van der Waals surface area (Å²) in [4.78, 5) is 6.29. The van der Waals surface area contributed by atoms with Crippen molar-refractivity contribution in [3.8, 4) is 11.5 Å². The molecule has 2 aromatic rings. The lowest BCUT2D eigenvalue weighted by Crippen LogP contribution is -2.14. The van der Waals surface area contributed by atoms with E-state index in [2.05, 4.69) is 9.83 Å². The summed E-state index contributed by atoms with van der Waals surface area (Å²) in [6, 6.07) is 2.92. The molecule has 0 fully saturated rings. The standard InChI is InChI=1S/C17H10F6N2O/c1-7-12-13(15(20)14(7)19)11(6-25-16(12)17(21,22)23)26-10-4-8(18)3-9(5-10)24-2/h3-7,14-15H,1H3/t7-,14-,15+/m0/s1. The Morgan fingerprint density at radius 2 is 1.85 bits per heavy atom. The highest BCUT2D eigenvalue weighted by atomic mass is 19.4. The van der Waals surface area contributed by atoms with Gasteiger partial charge >= 0.3 is 6.18 Å². The van der Waals surface area contributed by atoms with Crippen molar-refractivity contribution in [1.29, 1.82) is 0 Å². The van der Waals surface area contributed by atoms with Crippen LogP contribution in [0.1, 0.15) is 35.8 Å². The molecule has 26 heavy (non-hydrogen) atoms. The van der Waals surface area contributed by atoms with Gasteiger partial charge in [-0.05, 0) is 17.7 Å². The summed E-state index contributed by atoms with van der Waals surface area (Å²) in [6.07, 6.45) is -8.80. The van der Waals surface area contributed by atoms with E-state index in [1.54, 1.807) is 0 Å². The minimum atomic E-state index is -4.89. The molecule has 9 heteroatoms. The van der Waals surface area contributed by atoms with Gasteiger partial charge in [-0.1, -0.05) is 6.92 Å². The number of nitrogens with zero attached hydrogens (tertiary/aromatic N) is 2. The topological polar surface area (TPSA) is 26.5 Å². The quantitative estimate of drug-likeness (QED) is 0.474. The number of alkyl halides is 5. The summed E-state index contributed by atoms with van der Waals surface area (Å²) < 4.78 is 86.6. The Balaban J connectivity index is 2.14. The SMILES string of the molecule is [C-]#[N+]c1cc(F)cc(Oc2cnc(C(F)(F)F)c3c2[C@@H](F)[C@@H](F)[C@H]3C)c1. The zero-order valence-corrected chi connectivity index (χ0v) is 13.1. The molecule has 1 aliphatic carbocycles. The van der Waals surface area contributed by atoms with Crippen molar-refractivity contribution in [2.45, 2.75) is 31.4 Å². The third-order valence-corrected chi connectivity index (χ3v) is 4.09. The fourth-order valence-electron chi connectivity index (χ4n) is 2.95. The van der Waals surface area contributed by atoms with E-state index in [4.69, 9.17) is 11.3 Å². The lowest BCUT2D eigenvalue weighted by Gasteiger charge is -2.16. The molecular formula is C17H10F6N2O. The monoisotopic (exact) mass is 372 g/mol. The molecule has 3 atom stereocenters. The average Bonchev–Trinajstić information content (AvgIpc) is 2.79. The first kappa shape index (κ1) is 18.0. The number of halogens is 6. The average molecular weight is 372 g/mol. The lowest BCUT2D eigenvalue weighted by atomic mass is 10.0. The van der Waals surface area contributed by atoms with Crippen molar-refractivity contribution in [2.24, 2.45) is 0 Å². The molecule has 0 aliphatic heterocycles. The van der Waals surface area contributed by atoms with Gasteiger partial charge in [0, 0.05) is 17.5 Å². The Kier molecular flexibility index (Phi) is 4.30. The van der Waals surface area contributed by atoms with Gasteiger partial charge in [0.25, 0.3) is 0 Å². The van der Waals surface area contributed by atoms with Gasteiger partial charge in [0.1, 0.15) is 23.4 Å². The Hall–Kier alpha value is -2.76. The first-order chi connectivity index (χ1) is 12.1. The molecule has 0 unspecified atom stereocenters. The second-order valence-electron chi connectivity index (χ2n) is 5.79. The molecule has 0 radical (unpaired) electrons. The minimum absolute atomic E-state index is 0.120. The third-order valence-electron chi connectivity index (χ3n) is 4.09. The summed E-state index contributed by atoms with van der Waals surface area (Å²) in [5, 5.41) is 0. The molecule has 3 nitrogen and oxygen atoms in total. The van der Waals surface area contributed by atoms with Crippen molar-refractivity contribution in [2.75, 3.05) is 0 Å². The summed E-state index contributed by atoms with van der Waals surface area (Å²) >= 11 is 0. The van der Waals surface area contributed by atoms with E-state index >= 15 is 0 Å². The fourth-order valence-corrected chi connectivity index (χ4v) is 2.95. The van der Waals surface area contributed by atoms with Crippen LogP contribution in [-0.2, 0) is 6.18 Å². The van der Waals surface area contributed by atoms with Crippen LogP contribution in [0.15, 0.2) is 24.4 Å². The van der Waals surface area contributed by atoms with E-state index in [-0.39, 0.29) is 11.4 Å². The van der Waals surface area contributed by atoms with Crippen LogP contribution < -0.4 is 4.74 Å². The van der Waals surface area contributed by atoms with Gasteiger partial charge in [-0.3, -0.25) is 0 Å². The molecule has 1 heterocycles. The number of fused-ring (bicyclic) bond motifs is 1. The second kappa shape index (κ2) is 6.20. The lowest BCUT2D eigenvalue weighted by molar-refractivity contribution is -0.142. The molecule has 136 valence electrons. The summed E-state index contributed by atoms with van der Waals surface area (Å²) in [6.45, 7) is 8.00.